The van der Waals surface area contributed by atoms with Crippen LogP contribution in [0.25, 0.3) is 0 Å². The lowest BCUT2D eigenvalue weighted by molar-refractivity contribution is 0.0906. The first kappa shape index (κ1) is 12.4. The molecule has 0 atom stereocenters. The van der Waals surface area contributed by atoms with Crippen LogP contribution in [0.15, 0.2) is 24.0 Å². The molecule has 0 aliphatic rings. The van der Waals surface area contributed by atoms with Crippen molar-refractivity contribution >= 4 is 23.1 Å². The van der Waals surface area contributed by atoms with E-state index in [1.165, 1.54) is 23.7 Å². The van der Waals surface area contributed by atoms with E-state index in [1.54, 1.807) is 6.20 Å². The van der Waals surface area contributed by atoms with Crippen LogP contribution in [0.3, 0.4) is 0 Å². The Labute approximate surface area is 108 Å². The Balaban J connectivity index is 2.17. The van der Waals surface area contributed by atoms with E-state index in [-0.39, 0.29) is 17.4 Å². The molecule has 7 heteroatoms. The normalized spacial score (nSPS) is 11.2. The standard InChI is InChI=1S/C11H13N5OS/c1-11(2,10-14-3-4-18-10)16-9(17)7-5-13-6-8(12)15-7/h3-6H,1-2H3,(H2,12,15)(H,16,17). The summed E-state index contributed by atoms with van der Waals surface area (Å²) in [5, 5.41) is 5.54. The molecule has 18 heavy (non-hydrogen) atoms. The summed E-state index contributed by atoms with van der Waals surface area (Å²) < 4.78 is 0. The number of anilines is 1. The number of rotatable bonds is 3. The fourth-order valence-corrected chi connectivity index (χ4v) is 2.14. The zero-order valence-corrected chi connectivity index (χ0v) is 10.9. The zero-order valence-electron chi connectivity index (χ0n) is 10.0. The summed E-state index contributed by atoms with van der Waals surface area (Å²) in [4.78, 5) is 24.0. The Morgan fingerprint density at radius 2 is 2.22 bits per heavy atom. The maximum atomic E-state index is 12.0. The summed E-state index contributed by atoms with van der Waals surface area (Å²) >= 11 is 1.48. The van der Waals surface area contributed by atoms with Gasteiger partial charge in [0.1, 0.15) is 16.5 Å². The number of amides is 1. The summed E-state index contributed by atoms with van der Waals surface area (Å²) in [5.41, 5.74) is 5.13. The molecule has 0 fully saturated rings. The first-order valence-electron chi connectivity index (χ1n) is 5.29. The highest BCUT2D eigenvalue weighted by Crippen LogP contribution is 2.22. The summed E-state index contributed by atoms with van der Waals surface area (Å²) in [6.07, 6.45) is 4.47. The molecule has 0 radical (unpaired) electrons. The van der Waals surface area contributed by atoms with E-state index >= 15 is 0 Å². The van der Waals surface area contributed by atoms with Gasteiger partial charge in [0.25, 0.3) is 5.91 Å². The number of thiazole rings is 1. The van der Waals surface area contributed by atoms with Crippen LogP contribution in [0.4, 0.5) is 5.82 Å². The van der Waals surface area contributed by atoms with Gasteiger partial charge >= 0.3 is 0 Å². The van der Waals surface area contributed by atoms with E-state index in [9.17, 15) is 4.79 Å². The number of nitrogens with zero attached hydrogens (tertiary/aromatic N) is 3. The highest BCUT2D eigenvalue weighted by atomic mass is 32.1. The number of nitrogen functional groups attached to an aromatic ring is 1. The number of carbonyl (C=O) groups is 1. The smallest absolute Gasteiger partial charge is 0.272 e. The molecular weight excluding hydrogens is 250 g/mol. The van der Waals surface area contributed by atoms with Gasteiger partial charge in [-0.15, -0.1) is 11.3 Å². The third-order valence-corrected chi connectivity index (χ3v) is 3.38. The van der Waals surface area contributed by atoms with E-state index < -0.39 is 5.54 Å². The first-order valence-corrected chi connectivity index (χ1v) is 6.17. The van der Waals surface area contributed by atoms with Gasteiger partial charge in [0.05, 0.1) is 17.9 Å². The second-order valence-corrected chi connectivity index (χ2v) is 5.14. The maximum Gasteiger partial charge on any atom is 0.272 e. The minimum atomic E-state index is -0.558. The summed E-state index contributed by atoms with van der Waals surface area (Å²) in [6.45, 7) is 3.76. The van der Waals surface area contributed by atoms with Crippen LogP contribution in [0.5, 0.6) is 0 Å². The van der Waals surface area contributed by atoms with Gasteiger partial charge in [-0.3, -0.25) is 9.78 Å². The van der Waals surface area contributed by atoms with Gasteiger partial charge in [0.15, 0.2) is 0 Å². The van der Waals surface area contributed by atoms with E-state index in [1.807, 2.05) is 19.2 Å². The third-order valence-electron chi connectivity index (χ3n) is 2.28. The van der Waals surface area contributed by atoms with Crippen molar-refractivity contribution in [1.29, 1.82) is 0 Å². The van der Waals surface area contributed by atoms with Crippen molar-refractivity contribution in [3.8, 4) is 0 Å². The quantitative estimate of drug-likeness (QED) is 0.867. The van der Waals surface area contributed by atoms with Gasteiger partial charge < -0.3 is 11.1 Å². The first-order chi connectivity index (χ1) is 8.49. The molecule has 94 valence electrons. The van der Waals surface area contributed by atoms with Crippen molar-refractivity contribution in [1.82, 2.24) is 20.3 Å². The number of aromatic nitrogens is 3. The van der Waals surface area contributed by atoms with Crippen LogP contribution in [-0.4, -0.2) is 20.9 Å². The fourth-order valence-electron chi connectivity index (χ4n) is 1.42. The SMILES string of the molecule is CC(C)(NC(=O)c1cncc(N)n1)c1nccs1. The van der Waals surface area contributed by atoms with Crippen molar-refractivity contribution in [2.45, 2.75) is 19.4 Å². The number of hydrogen-bond acceptors (Lipinski definition) is 6. The molecule has 6 nitrogen and oxygen atoms in total. The highest BCUT2D eigenvalue weighted by Gasteiger charge is 2.26. The van der Waals surface area contributed by atoms with Crippen molar-refractivity contribution < 1.29 is 4.79 Å². The molecule has 2 heterocycles. The second-order valence-electron chi connectivity index (χ2n) is 4.25. The molecule has 2 aromatic heterocycles. The number of nitrogens with one attached hydrogen (secondary N) is 1. The molecule has 0 unspecified atom stereocenters. The Morgan fingerprint density at radius 3 is 2.83 bits per heavy atom. The molecule has 0 aromatic carbocycles. The van der Waals surface area contributed by atoms with Crippen molar-refractivity contribution in [3.63, 3.8) is 0 Å². The van der Waals surface area contributed by atoms with E-state index in [0.717, 1.165) is 5.01 Å². The zero-order chi connectivity index (χ0) is 13.2. The molecule has 0 saturated heterocycles. The van der Waals surface area contributed by atoms with Crippen molar-refractivity contribution in [2.75, 3.05) is 5.73 Å². The van der Waals surface area contributed by atoms with Crippen LogP contribution < -0.4 is 11.1 Å². The predicted molar refractivity (Wildman–Crippen MR) is 69.1 cm³/mol. The van der Waals surface area contributed by atoms with Gasteiger partial charge in [-0.2, -0.15) is 0 Å². The van der Waals surface area contributed by atoms with Crippen LogP contribution in [0.2, 0.25) is 0 Å². The maximum absolute atomic E-state index is 12.0. The predicted octanol–water partition coefficient (Wildman–Crippen LogP) is 1.18. The molecule has 3 N–H and O–H groups in total. The Morgan fingerprint density at radius 1 is 1.44 bits per heavy atom. The lowest BCUT2D eigenvalue weighted by Gasteiger charge is -2.23. The minimum Gasteiger partial charge on any atom is -0.382 e. The Kier molecular flexibility index (Phi) is 3.24. The van der Waals surface area contributed by atoms with Gasteiger partial charge in [-0.05, 0) is 13.8 Å². The topological polar surface area (TPSA) is 93.8 Å². The van der Waals surface area contributed by atoms with Crippen LogP contribution in [-0.2, 0) is 5.54 Å². The highest BCUT2D eigenvalue weighted by molar-refractivity contribution is 7.09. The molecule has 2 aromatic rings. The Hall–Kier alpha value is -2.02. The van der Waals surface area contributed by atoms with Crippen LogP contribution in [0.1, 0.15) is 29.3 Å². The Bertz CT molecular complexity index is 552. The molecule has 0 saturated carbocycles. The molecule has 1 amide bonds. The second kappa shape index (κ2) is 4.69. The van der Waals surface area contributed by atoms with E-state index in [0.29, 0.717) is 0 Å². The van der Waals surface area contributed by atoms with E-state index in [2.05, 4.69) is 20.3 Å². The van der Waals surface area contributed by atoms with Gasteiger partial charge in [-0.1, -0.05) is 0 Å². The largest absolute Gasteiger partial charge is 0.382 e. The van der Waals surface area contributed by atoms with Gasteiger partial charge in [0.2, 0.25) is 0 Å². The lowest BCUT2D eigenvalue weighted by Crippen LogP contribution is -2.41. The van der Waals surface area contributed by atoms with Crippen LogP contribution >= 0.6 is 11.3 Å². The van der Waals surface area contributed by atoms with Gasteiger partial charge in [0, 0.05) is 11.6 Å². The fraction of sp³-hybridized carbons (Fsp3) is 0.273. The molecule has 0 aliphatic carbocycles. The lowest BCUT2D eigenvalue weighted by atomic mass is 10.1. The molecule has 0 bridgehead atoms. The average molecular weight is 263 g/mol. The molecule has 0 aliphatic heterocycles. The summed E-state index contributed by atoms with van der Waals surface area (Å²) in [7, 11) is 0. The number of nitrogens with two attached hydrogens (primary N) is 1. The van der Waals surface area contributed by atoms with Crippen LogP contribution in [0, 0.1) is 0 Å². The molecular formula is C11H13N5OS. The third kappa shape index (κ3) is 2.62. The molecule has 0 spiro atoms. The van der Waals surface area contributed by atoms with Gasteiger partial charge in [-0.25, -0.2) is 9.97 Å². The number of carbonyl (C=O) groups excluding carboxylic acids is 1. The van der Waals surface area contributed by atoms with Crippen molar-refractivity contribution in [3.05, 3.63) is 34.7 Å². The monoisotopic (exact) mass is 263 g/mol. The number of hydrogen-bond donors (Lipinski definition) is 2. The average Bonchev–Trinajstić information content (AvgIpc) is 2.82. The van der Waals surface area contributed by atoms with Crippen molar-refractivity contribution in [2.24, 2.45) is 0 Å². The minimum absolute atomic E-state index is 0.194. The summed E-state index contributed by atoms with van der Waals surface area (Å²) in [6, 6.07) is 0. The molecule has 2 rings (SSSR count). The summed E-state index contributed by atoms with van der Waals surface area (Å²) in [5.74, 6) is -0.107. The van der Waals surface area contributed by atoms with E-state index in [4.69, 9.17) is 5.73 Å².